The zero-order valence-corrected chi connectivity index (χ0v) is 21.1. The third-order valence-corrected chi connectivity index (χ3v) is 10.1. The molecular weight excluding hydrogens is 464 g/mol. The lowest BCUT2D eigenvalue weighted by atomic mass is 9.39. The summed E-state index contributed by atoms with van der Waals surface area (Å²) < 4.78 is 0. The predicted molar refractivity (Wildman–Crippen MR) is 148 cm³/mol. The molecule has 3 heteroatoms. The third kappa shape index (κ3) is 2.56. The van der Waals surface area contributed by atoms with Gasteiger partial charge >= 0.3 is 0 Å². The number of hydrogen-bond acceptors (Lipinski definition) is 3. The number of aliphatic hydroxyl groups is 1. The Bertz CT molecular complexity index is 1410. The molecule has 1 aliphatic carbocycles. The Morgan fingerprint density at radius 3 is 1.26 bits per heavy atom. The second-order valence-electron chi connectivity index (χ2n) is 11.4. The summed E-state index contributed by atoms with van der Waals surface area (Å²) in [6, 6.07) is 43.7. The zero-order chi connectivity index (χ0) is 25.5. The average Bonchev–Trinajstić information content (AvgIpc) is 3.30. The first kappa shape index (κ1) is 22.3. The summed E-state index contributed by atoms with van der Waals surface area (Å²) in [7, 11) is 0. The number of nitrogens with zero attached hydrogens (tertiary/aromatic N) is 2. The van der Waals surface area contributed by atoms with Crippen LogP contribution in [0, 0.1) is 29.6 Å². The minimum absolute atomic E-state index is 0.0339. The van der Waals surface area contributed by atoms with Crippen molar-refractivity contribution in [1.29, 1.82) is 0 Å². The van der Waals surface area contributed by atoms with E-state index in [1.165, 1.54) is 22.3 Å². The molecule has 186 valence electrons. The van der Waals surface area contributed by atoms with E-state index < -0.39 is 5.60 Å². The molecule has 8 rings (SSSR count). The van der Waals surface area contributed by atoms with Gasteiger partial charge in [0.2, 0.25) is 0 Å². The summed E-state index contributed by atoms with van der Waals surface area (Å²) in [5.41, 5.74) is 3.63. The van der Waals surface area contributed by atoms with Gasteiger partial charge in [-0.2, -0.15) is 0 Å². The first-order valence-electron chi connectivity index (χ1n) is 13.6. The van der Waals surface area contributed by atoms with Crippen molar-refractivity contribution in [3.8, 4) is 12.3 Å². The van der Waals surface area contributed by atoms with Crippen LogP contribution in [-0.2, 0) is 0 Å². The van der Waals surface area contributed by atoms with Crippen LogP contribution in [0.2, 0.25) is 0 Å². The summed E-state index contributed by atoms with van der Waals surface area (Å²) in [6.07, 6.45) is 6.35. The van der Waals surface area contributed by atoms with Crippen molar-refractivity contribution in [3.63, 3.8) is 0 Å². The third-order valence-electron chi connectivity index (χ3n) is 10.1. The van der Waals surface area contributed by atoms with E-state index in [1.807, 2.05) is 0 Å². The lowest BCUT2D eigenvalue weighted by Crippen LogP contribution is -2.69. The molecule has 3 heterocycles. The van der Waals surface area contributed by atoms with Crippen LogP contribution in [0.25, 0.3) is 0 Å². The van der Waals surface area contributed by atoms with Gasteiger partial charge < -0.3 is 5.11 Å². The standard InChI is InChI=1S/C35H30N2O/c1-2-34(38)30-28(24-15-7-3-8-16-24)36-23-37-29(25-17-9-4-10-18-25)31(34)35(30,32(36)26-19-11-5-12-20-26)33(37)27-21-13-6-14-22-27/h1,3-22,28-33,38H,23H2/t28-,29-,30-,31+,32+,33+,34?,35?/m1/s1. The number of hydrogen-bond donors (Lipinski definition) is 1. The molecule has 0 radical (unpaired) electrons. The van der Waals surface area contributed by atoms with E-state index >= 15 is 0 Å². The van der Waals surface area contributed by atoms with E-state index in [0.29, 0.717) is 0 Å². The van der Waals surface area contributed by atoms with Gasteiger partial charge in [0, 0.05) is 41.4 Å². The van der Waals surface area contributed by atoms with Gasteiger partial charge in [0.1, 0.15) is 5.60 Å². The molecule has 1 saturated carbocycles. The van der Waals surface area contributed by atoms with E-state index in [2.05, 4.69) is 137 Å². The lowest BCUT2D eigenvalue weighted by Gasteiger charge is -2.63. The van der Waals surface area contributed by atoms with Gasteiger partial charge in [0.15, 0.2) is 0 Å². The van der Waals surface area contributed by atoms with Crippen molar-refractivity contribution in [2.24, 2.45) is 17.3 Å². The molecule has 3 bridgehead atoms. The Balaban J connectivity index is 1.44. The number of benzene rings is 4. The highest BCUT2D eigenvalue weighted by molar-refractivity contribution is 5.51. The highest BCUT2D eigenvalue weighted by Gasteiger charge is 2.89. The smallest absolute Gasteiger partial charge is 0.135 e. The van der Waals surface area contributed by atoms with Crippen molar-refractivity contribution < 1.29 is 5.11 Å². The molecule has 3 aliphatic heterocycles. The fourth-order valence-corrected chi connectivity index (χ4v) is 9.20. The van der Waals surface area contributed by atoms with Crippen LogP contribution in [-0.4, -0.2) is 27.2 Å². The molecule has 1 N–H and O–H groups in total. The summed E-state index contributed by atoms with van der Waals surface area (Å²) in [5.74, 6) is 2.81. The Labute approximate surface area is 224 Å². The maximum Gasteiger partial charge on any atom is 0.135 e. The van der Waals surface area contributed by atoms with Crippen LogP contribution < -0.4 is 0 Å². The van der Waals surface area contributed by atoms with Gasteiger partial charge in [-0.1, -0.05) is 127 Å². The minimum Gasteiger partial charge on any atom is -0.377 e. The SMILES string of the molecule is C#CC1(O)[C@H]2[C@@H](c3ccccc3)N3CN4[C@H](c5ccccc5)[C@@H]1C2([C@@H]3c1ccccc1)[C@@H]4c1ccccc1. The van der Waals surface area contributed by atoms with E-state index in [0.717, 1.165) is 6.67 Å². The average molecular weight is 495 g/mol. The number of rotatable bonds is 4. The van der Waals surface area contributed by atoms with E-state index in [9.17, 15) is 5.11 Å². The Hall–Kier alpha value is -3.68. The fourth-order valence-electron chi connectivity index (χ4n) is 9.20. The molecule has 4 aromatic carbocycles. The quantitative estimate of drug-likeness (QED) is 0.345. The second kappa shape index (κ2) is 7.91. The van der Waals surface area contributed by atoms with Gasteiger partial charge in [0.05, 0.1) is 6.67 Å². The second-order valence-corrected chi connectivity index (χ2v) is 11.4. The molecule has 4 fully saturated rings. The molecule has 3 saturated heterocycles. The molecule has 4 aromatic rings. The van der Waals surface area contributed by atoms with Crippen molar-refractivity contribution in [2.75, 3.05) is 6.67 Å². The van der Waals surface area contributed by atoms with E-state index in [4.69, 9.17) is 6.42 Å². The van der Waals surface area contributed by atoms with Gasteiger partial charge in [0.25, 0.3) is 0 Å². The van der Waals surface area contributed by atoms with Crippen molar-refractivity contribution in [1.82, 2.24) is 9.80 Å². The van der Waals surface area contributed by atoms with Crippen molar-refractivity contribution >= 4 is 0 Å². The Kier molecular flexibility index (Phi) is 4.65. The molecule has 10 atom stereocenters. The van der Waals surface area contributed by atoms with Crippen LogP contribution in [0.1, 0.15) is 46.4 Å². The molecule has 4 unspecified atom stereocenters. The van der Waals surface area contributed by atoms with Crippen molar-refractivity contribution in [2.45, 2.75) is 29.8 Å². The Morgan fingerprint density at radius 1 is 0.579 bits per heavy atom. The zero-order valence-electron chi connectivity index (χ0n) is 21.1. The van der Waals surface area contributed by atoms with Gasteiger partial charge in [-0.25, -0.2) is 0 Å². The monoisotopic (exact) mass is 494 g/mol. The first-order valence-corrected chi connectivity index (χ1v) is 13.6. The van der Waals surface area contributed by atoms with Crippen molar-refractivity contribution in [3.05, 3.63) is 144 Å². The molecule has 3 nitrogen and oxygen atoms in total. The van der Waals surface area contributed by atoms with Crippen LogP contribution in [0.4, 0.5) is 0 Å². The van der Waals surface area contributed by atoms with Gasteiger partial charge in [-0.3, -0.25) is 9.80 Å². The molecule has 0 amide bonds. The van der Waals surface area contributed by atoms with E-state index in [1.54, 1.807) is 0 Å². The number of terminal acetylenes is 1. The molecule has 4 aliphatic rings. The Morgan fingerprint density at radius 2 is 0.921 bits per heavy atom. The van der Waals surface area contributed by atoms with Crippen LogP contribution in [0.3, 0.4) is 0 Å². The minimum atomic E-state index is -1.22. The normalized spacial score (nSPS) is 39.8. The van der Waals surface area contributed by atoms with Gasteiger partial charge in [-0.15, -0.1) is 6.42 Å². The maximum absolute atomic E-state index is 12.6. The predicted octanol–water partition coefficient (Wildman–Crippen LogP) is 6.15. The fraction of sp³-hybridized carbons (Fsp3) is 0.257. The lowest BCUT2D eigenvalue weighted by molar-refractivity contribution is -0.211. The van der Waals surface area contributed by atoms with E-state index in [-0.39, 0.29) is 41.4 Å². The van der Waals surface area contributed by atoms with Crippen LogP contribution in [0.5, 0.6) is 0 Å². The highest BCUT2D eigenvalue weighted by Crippen LogP contribution is 2.87. The summed E-state index contributed by atoms with van der Waals surface area (Å²) in [5, 5.41) is 12.6. The first-order chi connectivity index (χ1) is 18.7. The molecule has 38 heavy (non-hydrogen) atoms. The highest BCUT2D eigenvalue weighted by atomic mass is 16.3. The molecular formula is C35H30N2O. The topological polar surface area (TPSA) is 26.7 Å². The summed E-state index contributed by atoms with van der Waals surface area (Å²) >= 11 is 0. The molecule has 0 aromatic heterocycles. The summed E-state index contributed by atoms with van der Waals surface area (Å²) in [4.78, 5) is 5.31. The van der Waals surface area contributed by atoms with Crippen LogP contribution in [0.15, 0.2) is 121 Å². The summed E-state index contributed by atoms with van der Waals surface area (Å²) in [6.45, 7) is 0.813. The number of fused-ring (bicyclic) bond motifs is 2. The van der Waals surface area contributed by atoms with Crippen LogP contribution >= 0.6 is 0 Å². The maximum atomic E-state index is 12.6. The van der Waals surface area contributed by atoms with Gasteiger partial charge in [-0.05, 0) is 22.3 Å². The largest absolute Gasteiger partial charge is 0.377 e. The molecule has 1 spiro atoms.